The molecule has 0 spiro atoms. The van der Waals surface area contributed by atoms with E-state index in [0.717, 1.165) is 33.2 Å². The molecule has 11 heteroatoms. The monoisotopic (exact) mass is 628 g/mol. The van der Waals surface area contributed by atoms with Gasteiger partial charge in [-0.25, -0.2) is 4.79 Å². The quantitative estimate of drug-likeness (QED) is 0.239. The molecule has 1 aliphatic heterocycles. The maximum Gasteiger partial charge on any atom is 0.408 e. The summed E-state index contributed by atoms with van der Waals surface area (Å²) in [7, 11) is 0. The first-order chi connectivity index (χ1) is 20.9. The Kier molecular flexibility index (Phi) is 8.90. The third kappa shape index (κ3) is 7.01. The number of aromatic nitrogens is 3. The van der Waals surface area contributed by atoms with Crippen LogP contribution in [0.5, 0.6) is 0 Å². The number of alkyl carbamates (subject to hydrolysis) is 1. The largest absolute Gasteiger partial charge is 0.444 e. The van der Waals surface area contributed by atoms with Crippen molar-refractivity contribution < 1.29 is 14.3 Å². The lowest BCUT2D eigenvalue weighted by atomic mass is 9.99. The summed E-state index contributed by atoms with van der Waals surface area (Å²) in [4.78, 5) is 31.6. The molecule has 0 saturated heterocycles. The van der Waals surface area contributed by atoms with Gasteiger partial charge in [-0.15, -0.1) is 21.5 Å². The van der Waals surface area contributed by atoms with Gasteiger partial charge >= 0.3 is 6.09 Å². The lowest BCUT2D eigenvalue weighted by Gasteiger charge is -2.19. The zero-order chi connectivity index (χ0) is 31.6. The first-order valence-corrected chi connectivity index (χ1v) is 15.3. The second kappa shape index (κ2) is 12.6. The maximum atomic E-state index is 13.4. The van der Waals surface area contributed by atoms with Gasteiger partial charge in [-0.2, -0.15) is 0 Å². The molecule has 0 aliphatic carbocycles. The minimum absolute atomic E-state index is 0.0535. The van der Waals surface area contributed by atoms with E-state index in [1.165, 1.54) is 4.88 Å². The molecule has 1 aliphatic rings. The van der Waals surface area contributed by atoms with Crippen LogP contribution in [0, 0.1) is 32.6 Å². The van der Waals surface area contributed by atoms with Gasteiger partial charge < -0.3 is 15.4 Å². The second-order valence-corrected chi connectivity index (χ2v) is 13.0. The highest BCUT2D eigenvalue weighted by Crippen LogP contribution is 2.39. The smallest absolute Gasteiger partial charge is 0.408 e. The van der Waals surface area contributed by atoms with E-state index >= 15 is 0 Å². The number of nitrogens with zero attached hydrogens (tertiary/aromatic N) is 4. The number of halogens is 1. The van der Waals surface area contributed by atoms with E-state index in [1.807, 2.05) is 47.9 Å². The zero-order valence-electron chi connectivity index (χ0n) is 25.4. The van der Waals surface area contributed by atoms with Gasteiger partial charge in [0.1, 0.15) is 22.5 Å². The SMILES string of the molecule is Cc1sc2c(c1C)C(c1ccc(Cl)cc1)=N[C@@H](CC(=O)Nc1cccc(C#CCNC(=O)OC(C)(C)C)c1)c1nnc(C)n1-2. The summed E-state index contributed by atoms with van der Waals surface area (Å²) in [6.45, 7) is 11.6. The summed E-state index contributed by atoms with van der Waals surface area (Å²) in [5, 5.41) is 16.1. The molecule has 1 atom stereocenters. The standard InChI is InChI=1S/C33H33ClN6O3S/c1-19-20(2)44-31-28(19)29(23-12-14-24(34)15-13-23)37-26(30-39-38-21(3)40(30)31)18-27(41)36-25-11-7-9-22(17-25)10-8-16-35-32(42)43-33(4,5)6/h7,9,11-15,17,26H,16,18H2,1-6H3,(H,35,42)(H,36,41)/t26-/m0/s1. The Hall–Kier alpha value is -4.46. The van der Waals surface area contributed by atoms with E-state index in [-0.39, 0.29) is 18.9 Å². The number of thiophene rings is 1. The Morgan fingerprint density at radius 1 is 1.09 bits per heavy atom. The van der Waals surface area contributed by atoms with Crippen LogP contribution in [0.1, 0.15) is 72.0 Å². The van der Waals surface area contributed by atoms with Crippen LogP contribution in [-0.2, 0) is 9.53 Å². The number of ether oxygens (including phenoxy) is 1. The van der Waals surface area contributed by atoms with E-state index in [1.54, 1.807) is 44.2 Å². The number of hydrogen-bond acceptors (Lipinski definition) is 7. The molecule has 0 fully saturated rings. The first-order valence-electron chi connectivity index (χ1n) is 14.1. The number of fused-ring (bicyclic) bond motifs is 3. The van der Waals surface area contributed by atoms with Crippen molar-refractivity contribution in [1.82, 2.24) is 20.1 Å². The van der Waals surface area contributed by atoms with Crippen LogP contribution in [0.25, 0.3) is 5.00 Å². The molecular weight excluding hydrogens is 596 g/mol. The lowest BCUT2D eigenvalue weighted by Crippen LogP contribution is -2.32. The van der Waals surface area contributed by atoms with Gasteiger partial charge in [0.05, 0.1) is 18.7 Å². The summed E-state index contributed by atoms with van der Waals surface area (Å²) >= 11 is 7.87. The number of aliphatic imine (C=N–C) groups is 1. The average molecular weight is 629 g/mol. The van der Waals surface area contributed by atoms with Gasteiger partial charge in [-0.3, -0.25) is 14.4 Å². The van der Waals surface area contributed by atoms with E-state index in [9.17, 15) is 9.59 Å². The topological polar surface area (TPSA) is 110 Å². The summed E-state index contributed by atoms with van der Waals surface area (Å²) in [5.41, 5.74) is 4.54. The summed E-state index contributed by atoms with van der Waals surface area (Å²) < 4.78 is 7.24. The zero-order valence-corrected chi connectivity index (χ0v) is 27.0. The molecule has 0 unspecified atom stereocenters. The Balaban J connectivity index is 1.38. The fourth-order valence-electron chi connectivity index (χ4n) is 4.77. The highest BCUT2D eigenvalue weighted by Gasteiger charge is 2.32. The van der Waals surface area contributed by atoms with Crippen molar-refractivity contribution in [2.75, 3.05) is 11.9 Å². The minimum atomic E-state index is -0.581. The molecule has 5 rings (SSSR count). The molecule has 2 amide bonds. The predicted octanol–water partition coefficient (Wildman–Crippen LogP) is 6.70. The van der Waals surface area contributed by atoms with Crippen LogP contribution in [0.2, 0.25) is 5.02 Å². The Labute approximate surface area is 265 Å². The van der Waals surface area contributed by atoms with Gasteiger partial charge in [0, 0.05) is 32.3 Å². The fraction of sp³-hybridized carbons (Fsp3) is 0.303. The van der Waals surface area contributed by atoms with Crippen LogP contribution in [0.15, 0.2) is 53.5 Å². The van der Waals surface area contributed by atoms with Crippen molar-refractivity contribution in [1.29, 1.82) is 0 Å². The van der Waals surface area contributed by atoms with E-state index in [4.69, 9.17) is 21.3 Å². The molecule has 4 aromatic rings. The molecular formula is C33H33ClN6O3S. The lowest BCUT2D eigenvalue weighted by molar-refractivity contribution is -0.116. The molecule has 3 heterocycles. The van der Waals surface area contributed by atoms with Crippen LogP contribution in [-0.4, -0.2) is 44.6 Å². The normalized spacial score (nSPS) is 13.9. The van der Waals surface area contributed by atoms with Crippen molar-refractivity contribution in [2.24, 2.45) is 4.99 Å². The number of aryl methyl sites for hydroxylation is 2. The number of nitrogens with one attached hydrogen (secondary N) is 2. The number of amides is 2. The fourth-order valence-corrected chi connectivity index (χ4v) is 6.11. The molecule has 2 N–H and O–H groups in total. The van der Waals surface area contributed by atoms with Crippen LogP contribution in [0.3, 0.4) is 0 Å². The van der Waals surface area contributed by atoms with Gasteiger partial charge in [0.2, 0.25) is 5.91 Å². The molecule has 44 heavy (non-hydrogen) atoms. The Morgan fingerprint density at radius 3 is 2.57 bits per heavy atom. The van der Waals surface area contributed by atoms with Gasteiger partial charge in [0.25, 0.3) is 0 Å². The van der Waals surface area contributed by atoms with Gasteiger partial charge in [0.15, 0.2) is 5.82 Å². The highest BCUT2D eigenvalue weighted by atomic mass is 35.5. The molecule has 0 bridgehead atoms. The number of anilines is 1. The number of rotatable bonds is 5. The molecule has 2 aromatic carbocycles. The molecule has 0 radical (unpaired) electrons. The molecule has 9 nitrogen and oxygen atoms in total. The van der Waals surface area contributed by atoms with Crippen molar-refractivity contribution in [3.05, 3.63) is 92.3 Å². The van der Waals surface area contributed by atoms with Crippen LogP contribution >= 0.6 is 22.9 Å². The van der Waals surface area contributed by atoms with Crippen molar-refractivity contribution >= 4 is 46.3 Å². The third-order valence-electron chi connectivity index (χ3n) is 6.83. The summed E-state index contributed by atoms with van der Waals surface area (Å²) in [6, 6.07) is 14.2. The van der Waals surface area contributed by atoms with E-state index in [2.05, 4.69) is 46.5 Å². The number of carbonyl (C=O) groups excluding carboxylic acids is 2. The Morgan fingerprint density at radius 2 is 1.84 bits per heavy atom. The average Bonchev–Trinajstić information content (AvgIpc) is 3.43. The molecule has 226 valence electrons. The summed E-state index contributed by atoms with van der Waals surface area (Å²) in [5.74, 6) is 7.03. The van der Waals surface area contributed by atoms with Crippen LogP contribution in [0.4, 0.5) is 10.5 Å². The second-order valence-electron chi connectivity index (χ2n) is 11.4. The highest BCUT2D eigenvalue weighted by molar-refractivity contribution is 7.15. The molecule has 2 aromatic heterocycles. The van der Waals surface area contributed by atoms with Gasteiger partial charge in [-0.05, 0) is 77.4 Å². The van der Waals surface area contributed by atoms with Gasteiger partial charge in [-0.1, -0.05) is 41.6 Å². The predicted molar refractivity (Wildman–Crippen MR) is 174 cm³/mol. The number of benzene rings is 2. The number of hydrogen-bond donors (Lipinski definition) is 2. The minimum Gasteiger partial charge on any atom is -0.444 e. The van der Waals surface area contributed by atoms with Crippen LogP contribution < -0.4 is 10.6 Å². The maximum absolute atomic E-state index is 13.4. The number of carbonyl (C=O) groups is 2. The van der Waals surface area contributed by atoms with E-state index in [0.29, 0.717) is 22.1 Å². The summed E-state index contributed by atoms with van der Waals surface area (Å²) in [6.07, 6.45) is -0.475. The van der Waals surface area contributed by atoms with E-state index < -0.39 is 17.7 Å². The van der Waals surface area contributed by atoms with Crippen molar-refractivity contribution in [2.45, 2.75) is 59.6 Å². The van der Waals surface area contributed by atoms with Crippen molar-refractivity contribution in [3.63, 3.8) is 0 Å². The van der Waals surface area contributed by atoms with Crippen molar-refractivity contribution in [3.8, 4) is 16.8 Å². The molecule has 0 saturated carbocycles. The Bertz CT molecular complexity index is 1820. The first kappa shape index (κ1) is 31.0. The third-order valence-corrected chi connectivity index (χ3v) is 8.28.